The first-order valence-corrected chi connectivity index (χ1v) is 6.62. The number of halogens is 2. The van der Waals surface area contributed by atoms with Gasteiger partial charge in [0, 0.05) is 17.6 Å². The number of aromatic amines is 1. The number of H-pyrrole nitrogens is 1. The molecule has 3 nitrogen and oxygen atoms in total. The summed E-state index contributed by atoms with van der Waals surface area (Å²) in [5.41, 5.74) is 3.03. The van der Waals surface area contributed by atoms with Crippen molar-refractivity contribution in [3.63, 3.8) is 0 Å². The van der Waals surface area contributed by atoms with Crippen molar-refractivity contribution < 1.29 is 4.39 Å². The summed E-state index contributed by atoms with van der Waals surface area (Å²) in [7, 11) is 0. The monoisotopic (exact) mass is 319 g/mol. The summed E-state index contributed by atoms with van der Waals surface area (Å²) < 4.78 is 13.6. The molecule has 0 radical (unpaired) electrons. The predicted octanol–water partition coefficient (Wildman–Crippen LogP) is 4.08. The molecule has 0 spiro atoms. The third-order valence-electron chi connectivity index (χ3n) is 2.92. The number of fused-ring (bicyclic) bond motifs is 1. The van der Waals surface area contributed by atoms with Gasteiger partial charge in [0.25, 0.3) is 0 Å². The van der Waals surface area contributed by atoms with Crippen molar-refractivity contribution in [1.82, 2.24) is 10.2 Å². The number of rotatable bonds is 3. The number of benzene rings is 2. The second kappa shape index (κ2) is 5.01. The standard InChI is InChI=1S/C14H11BrFN3/c15-12-5-9(1-3-13(12)16)7-17-11-2-4-14-10(6-11)8-18-19-14/h1-6,8,17H,7H2,(H,18,19). The largest absolute Gasteiger partial charge is 0.381 e. The van der Waals surface area contributed by atoms with Crippen LogP contribution in [0.5, 0.6) is 0 Å². The van der Waals surface area contributed by atoms with Crippen LogP contribution in [0.4, 0.5) is 10.1 Å². The highest BCUT2D eigenvalue weighted by Gasteiger charge is 2.01. The summed E-state index contributed by atoms with van der Waals surface area (Å²) >= 11 is 3.18. The lowest BCUT2D eigenvalue weighted by atomic mass is 10.2. The average Bonchev–Trinajstić information content (AvgIpc) is 2.87. The second-order valence-corrected chi connectivity index (χ2v) is 5.13. The van der Waals surface area contributed by atoms with E-state index in [1.54, 1.807) is 18.3 Å². The van der Waals surface area contributed by atoms with E-state index in [1.165, 1.54) is 6.07 Å². The van der Waals surface area contributed by atoms with Gasteiger partial charge in [-0.25, -0.2) is 4.39 Å². The molecule has 1 heterocycles. The molecular weight excluding hydrogens is 309 g/mol. The van der Waals surface area contributed by atoms with Crippen molar-refractivity contribution in [3.8, 4) is 0 Å². The number of anilines is 1. The number of aromatic nitrogens is 2. The lowest BCUT2D eigenvalue weighted by Gasteiger charge is -2.07. The topological polar surface area (TPSA) is 40.7 Å². The summed E-state index contributed by atoms with van der Waals surface area (Å²) in [5.74, 6) is -0.247. The van der Waals surface area contributed by atoms with Crippen LogP contribution in [0.1, 0.15) is 5.56 Å². The highest BCUT2D eigenvalue weighted by Crippen LogP contribution is 2.20. The zero-order valence-corrected chi connectivity index (χ0v) is 11.5. The lowest BCUT2D eigenvalue weighted by Crippen LogP contribution is -1.99. The van der Waals surface area contributed by atoms with Gasteiger partial charge in [-0.15, -0.1) is 0 Å². The van der Waals surface area contributed by atoms with Crippen LogP contribution in [0.3, 0.4) is 0 Å². The Kier molecular flexibility index (Phi) is 3.21. The molecule has 3 rings (SSSR count). The molecule has 0 atom stereocenters. The maximum absolute atomic E-state index is 13.1. The van der Waals surface area contributed by atoms with Crippen molar-refractivity contribution in [2.45, 2.75) is 6.54 Å². The van der Waals surface area contributed by atoms with Crippen molar-refractivity contribution in [3.05, 3.63) is 58.4 Å². The Balaban J connectivity index is 1.75. The molecule has 3 aromatic rings. The van der Waals surface area contributed by atoms with Crippen LogP contribution in [0.15, 0.2) is 47.1 Å². The first-order valence-electron chi connectivity index (χ1n) is 5.83. The molecule has 0 amide bonds. The van der Waals surface area contributed by atoms with Gasteiger partial charge in [-0.3, -0.25) is 5.10 Å². The Labute approximate surface area is 118 Å². The van der Waals surface area contributed by atoms with Gasteiger partial charge in [-0.05, 0) is 51.8 Å². The zero-order chi connectivity index (χ0) is 13.2. The summed E-state index contributed by atoms with van der Waals surface area (Å²) in [6.07, 6.45) is 1.79. The van der Waals surface area contributed by atoms with Gasteiger partial charge in [0.15, 0.2) is 0 Å². The highest BCUT2D eigenvalue weighted by atomic mass is 79.9. The smallest absolute Gasteiger partial charge is 0.137 e. The van der Waals surface area contributed by atoms with Crippen LogP contribution in [0.25, 0.3) is 10.9 Å². The van der Waals surface area contributed by atoms with E-state index >= 15 is 0 Å². The van der Waals surface area contributed by atoms with E-state index in [0.29, 0.717) is 11.0 Å². The van der Waals surface area contributed by atoms with Gasteiger partial charge < -0.3 is 5.32 Å². The minimum atomic E-state index is -0.247. The van der Waals surface area contributed by atoms with E-state index in [9.17, 15) is 4.39 Å². The first-order chi connectivity index (χ1) is 9.22. The molecule has 0 aliphatic rings. The van der Waals surface area contributed by atoms with Gasteiger partial charge >= 0.3 is 0 Å². The van der Waals surface area contributed by atoms with E-state index in [-0.39, 0.29) is 5.82 Å². The van der Waals surface area contributed by atoms with Crippen LogP contribution in [-0.2, 0) is 6.54 Å². The van der Waals surface area contributed by atoms with E-state index in [1.807, 2.05) is 18.2 Å². The quantitative estimate of drug-likeness (QED) is 0.763. The summed E-state index contributed by atoms with van der Waals surface area (Å²) in [6.45, 7) is 0.641. The molecule has 0 aliphatic heterocycles. The SMILES string of the molecule is Fc1ccc(CNc2ccc3[nH]ncc3c2)cc1Br. The van der Waals surface area contributed by atoms with Gasteiger partial charge in [0.1, 0.15) is 5.82 Å². The van der Waals surface area contributed by atoms with Gasteiger partial charge in [0.05, 0.1) is 16.2 Å². The Morgan fingerprint density at radius 1 is 1.21 bits per heavy atom. The minimum absolute atomic E-state index is 0.247. The molecule has 0 unspecified atom stereocenters. The average molecular weight is 320 g/mol. The van der Waals surface area contributed by atoms with E-state index in [0.717, 1.165) is 22.2 Å². The van der Waals surface area contributed by atoms with E-state index < -0.39 is 0 Å². The molecule has 0 saturated carbocycles. The number of hydrogen-bond donors (Lipinski definition) is 2. The minimum Gasteiger partial charge on any atom is -0.381 e. The lowest BCUT2D eigenvalue weighted by molar-refractivity contribution is 0.620. The Hall–Kier alpha value is -1.88. The molecule has 0 saturated heterocycles. The van der Waals surface area contributed by atoms with E-state index in [4.69, 9.17) is 0 Å². The fourth-order valence-corrected chi connectivity index (χ4v) is 2.33. The van der Waals surface area contributed by atoms with Crippen LogP contribution in [0, 0.1) is 5.82 Å². The van der Waals surface area contributed by atoms with Gasteiger partial charge in [-0.2, -0.15) is 5.10 Å². The van der Waals surface area contributed by atoms with Crippen LogP contribution in [-0.4, -0.2) is 10.2 Å². The summed E-state index contributed by atoms with van der Waals surface area (Å²) in [5, 5.41) is 11.3. The molecule has 2 N–H and O–H groups in total. The fraction of sp³-hybridized carbons (Fsp3) is 0.0714. The summed E-state index contributed by atoms with van der Waals surface area (Å²) in [4.78, 5) is 0. The number of nitrogens with zero attached hydrogens (tertiary/aromatic N) is 1. The first kappa shape index (κ1) is 12.2. The van der Waals surface area contributed by atoms with Crippen molar-refractivity contribution >= 4 is 32.5 Å². The van der Waals surface area contributed by atoms with Crippen molar-refractivity contribution in [2.24, 2.45) is 0 Å². The van der Waals surface area contributed by atoms with Crippen LogP contribution in [0.2, 0.25) is 0 Å². The maximum Gasteiger partial charge on any atom is 0.137 e. The second-order valence-electron chi connectivity index (χ2n) is 4.27. The van der Waals surface area contributed by atoms with Gasteiger partial charge in [0.2, 0.25) is 0 Å². The fourth-order valence-electron chi connectivity index (χ4n) is 1.91. The zero-order valence-electron chi connectivity index (χ0n) is 9.95. The normalized spacial score (nSPS) is 10.8. The third kappa shape index (κ3) is 2.61. The predicted molar refractivity (Wildman–Crippen MR) is 77.5 cm³/mol. The van der Waals surface area contributed by atoms with Gasteiger partial charge in [-0.1, -0.05) is 6.07 Å². The van der Waals surface area contributed by atoms with Crippen LogP contribution < -0.4 is 5.32 Å². The molecule has 96 valence electrons. The molecule has 2 aromatic carbocycles. The molecule has 19 heavy (non-hydrogen) atoms. The van der Waals surface area contributed by atoms with Crippen molar-refractivity contribution in [1.29, 1.82) is 0 Å². The molecule has 0 bridgehead atoms. The Morgan fingerprint density at radius 2 is 2.11 bits per heavy atom. The van der Waals surface area contributed by atoms with E-state index in [2.05, 4.69) is 31.4 Å². The molecule has 0 aliphatic carbocycles. The van der Waals surface area contributed by atoms with Crippen molar-refractivity contribution in [2.75, 3.05) is 5.32 Å². The number of hydrogen-bond acceptors (Lipinski definition) is 2. The van der Waals surface area contributed by atoms with Crippen LogP contribution >= 0.6 is 15.9 Å². The molecule has 5 heteroatoms. The summed E-state index contributed by atoms with van der Waals surface area (Å²) in [6, 6.07) is 11.0. The maximum atomic E-state index is 13.1. The highest BCUT2D eigenvalue weighted by molar-refractivity contribution is 9.10. The molecular formula is C14H11BrFN3. The third-order valence-corrected chi connectivity index (χ3v) is 3.53. The Bertz CT molecular complexity index is 724. The number of nitrogens with one attached hydrogen (secondary N) is 2. The Morgan fingerprint density at radius 3 is 2.95 bits per heavy atom. The molecule has 0 fully saturated rings. The molecule has 1 aromatic heterocycles.